The minimum Gasteiger partial charge on any atom is -0.497 e. The molecule has 1 fully saturated rings. The first-order valence-corrected chi connectivity index (χ1v) is 10.00. The Labute approximate surface area is 175 Å². The summed E-state index contributed by atoms with van der Waals surface area (Å²) in [6.45, 7) is 3.39. The van der Waals surface area contributed by atoms with E-state index in [-0.39, 0.29) is 18.4 Å². The molecule has 0 radical (unpaired) electrons. The molecule has 1 unspecified atom stereocenters. The van der Waals surface area contributed by atoms with Gasteiger partial charge in [0.25, 0.3) is 11.8 Å². The number of rotatable bonds is 7. The molecule has 2 amide bonds. The van der Waals surface area contributed by atoms with Crippen LogP contribution in [0.5, 0.6) is 5.75 Å². The first-order valence-electron chi connectivity index (χ1n) is 9.62. The van der Waals surface area contributed by atoms with Gasteiger partial charge in [-0.3, -0.25) is 9.59 Å². The third-order valence-corrected chi connectivity index (χ3v) is 5.10. The summed E-state index contributed by atoms with van der Waals surface area (Å²) < 4.78 is 10.9. The van der Waals surface area contributed by atoms with Crippen molar-refractivity contribution in [3.8, 4) is 5.75 Å². The van der Waals surface area contributed by atoms with Gasteiger partial charge in [-0.1, -0.05) is 23.7 Å². The number of carbonyl (C=O) groups excluding carboxylic acids is 2. The van der Waals surface area contributed by atoms with Crippen molar-refractivity contribution in [1.29, 1.82) is 0 Å². The number of benzene rings is 2. The zero-order valence-corrected chi connectivity index (χ0v) is 17.4. The Hall–Kier alpha value is -2.57. The van der Waals surface area contributed by atoms with E-state index in [0.717, 1.165) is 37.2 Å². The number of likely N-dealkylation sites (tertiary alicyclic amines) is 1. The van der Waals surface area contributed by atoms with E-state index in [0.29, 0.717) is 16.3 Å². The molecule has 0 aliphatic carbocycles. The summed E-state index contributed by atoms with van der Waals surface area (Å²) >= 11 is 6.09. The van der Waals surface area contributed by atoms with Crippen molar-refractivity contribution in [2.45, 2.75) is 32.5 Å². The summed E-state index contributed by atoms with van der Waals surface area (Å²) in [5, 5.41) is 3.26. The molecule has 154 valence electrons. The van der Waals surface area contributed by atoms with Crippen LogP contribution in [0.2, 0.25) is 5.02 Å². The molecule has 1 atom stereocenters. The van der Waals surface area contributed by atoms with E-state index in [4.69, 9.17) is 21.1 Å². The van der Waals surface area contributed by atoms with Gasteiger partial charge in [-0.15, -0.1) is 0 Å². The Morgan fingerprint density at radius 1 is 1.17 bits per heavy atom. The number of hydrogen-bond acceptors (Lipinski definition) is 4. The highest BCUT2D eigenvalue weighted by Gasteiger charge is 2.24. The van der Waals surface area contributed by atoms with E-state index in [1.807, 2.05) is 24.3 Å². The average molecular weight is 417 g/mol. The van der Waals surface area contributed by atoms with E-state index in [2.05, 4.69) is 5.32 Å². The number of methoxy groups -OCH3 is 1. The van der Waals surface area contributed by atoms with Gasteiger partial charge in [-0.05, 0) is 55.7 Å². The minimum absolute atomic E-state index is 0.120. The van der Waals surface area contributed by atoms with E-state index >= 15 is 0 Å². The first-order chi connectivity index (χ1) is 14.0. The zero-order chi connectivity index (χ0) is 20.8. The molecule has 0 saturated carbocycles. The molecule has 3 rings (SSSR count). The Bertz CT molecular complexity index is 881. The van der Waals surface area contributed by atoms with Gasteiger partial charge in [-0.25, -0.2) is 0 Å². The molecule has 1 aliphatic rings. The number of ether oxygens (including phenoxy) is 2. The second-order valence-corrected chi connectivity index (χ2v) is 7.42. The predicted octanol–water partition coefficient (Wildman–Crippen LogP) is 4.13. The lowest BCUT2D eigenvalue weighted by Crippen LogP contribution is -2.31. The van der Waals surface area contributed by atoms with Crippen molar-refractivity contribution < 1.29 is 19.1 Å². The second kappa shape index (κ2) is 9.76. The summed E-state index contributed by atoms with van der Waals surface area (Å²) in [5.41, 5.74) is 1.74. The van der Waals surface area contributed by atoms with Crippen molar-refractivity contribution in [3.05, 3.63) is 58.6 Å². The zero-order valence-electron chi connectivity index (χ0n) is 16.6. The highest BCUT2D eigenvalue weighted by atomic mass is 35.5. The third-order valence-electron chi connectivity index (χ3n) is 4.87. The van der Waals surface area contributed by atoms with Crippen molar-refractivity contribution in [2.24, 2.45) is 0 Å². The average Bonchev–Trinajstić information content (AvgIpc) is 3.27. The van der Waals surface area contributed by atoms with Crippen molar-refractivity contribution in [1.82, 2.24) is 4.90 Å². The molecule has 0 aromatic heterocycles. The summed E-state index contributed by atoms with van der Waals surface area (Å²) in [5.74, 6) is 0.283. The lowest BCUT2D eigenvalue weighted by Gasteiger charge is -2.19. The Morgan fingerprint density at radius 3 is 2.66 bits per heavy atom. The van der Waals surface area contributed by atoms with E-state index in [1.54, 1.807) is 37.1 Å². The monoisotopic (exact) mass is 416 g/mol. The molecule has 29 heavy (non-hydrogen) atoms. The van der Waals surface area contributed by atoms with Gasteiger partial charge >= 0.3 is 0 Å². The van der Waals surface area contributed by atoms with Crippen molar-refractivity contribution in [3.63, 3.8) is 0 Å². The van der Waals surface area contributed by atoms with Gasteiger partial charge < -0.3 is 19.7 Å². The molecule has 1 N–H and O–H groups in total. The Morgan fingerprint density at radius 2 is 1.93 bits per heavy atom. The van der Waals surface area contributed by atoms with Gasteiger partial charge in [0.2, 0.25) is 0 Å². The number of halogens is 1. The summed E-state index contributed by atoms with van der Waals surface area (Å²) in [6.07, 6.45) is 1.28. The minimum atomic E-state index is -0.702. The number of carbonyl (C=O) groups is 2. The standard InChI is InChI=1S/C22H25ClN2O4/c1-15(29-14-16-6-5-7-18(12-16)28-2)21(26)24-20-9-8-17(23)13-19(20)22(27)25-10-3-4-11-25/h5-9,12-13,15H,3-4,10-11,14H2,1-2H3,(H,24,26). The van der Waals surface area contributed by atoms with Gasteiger partial charge in [0.15, 0.2) is 0 Å². The molecule has 1 aliphatic heterocycles. The highest BCUT2D eigenvalue weighted by Crippen LogP contribution is 2.24. The summed E-state index contributed by atoms with van der Waals surface area (Å²) in [4.78, 5) is 27.2. The van der Waals surface area contributed by atoms with Crippen LogP contribution in [-0.2, 0) is 16.1 Å². The molecule has 1 heterocycles. The van der Waals surface area contributed by atoms with Crippen LogP contribution in [0.15, 0.2) is 42.5 Å². The van der Waals surface area contributed by atoms with Gasteiger partial charge in [0.1, 0.15) is 11.9 Å². The van der Waals surface area contributed by atoms with Crippen LogP contribution in [0.25, 0.3) is 0 Å². The van der Waals surface area contributed by atoms with Gasteiger partial charge in [0, 0.05) is 18.1 Å². The molecule has 2 aromatic rings. The maximum atomic E-state index is 12.8. The Balaban J connectivity index is 1.65. The molecule has 2 aromatic carbocycles. The third kappa shape index (κ3) is 5.49. The molecular weight excluding hydrogens is 392 g/mol. The van der Waals surface area contributed by atoms with Gasteiger partial charge in [-0.2, -0.15) is 0 Å². The van der Waals surface area contributed by atoms with Crippen LogP contribution < -0.4 is 10.1 Å². The largest absolute Gasteiger partial charge is 0.497 e. The highest BCUT2D eigenvalue weighted by molar-refractivity contribution is 6.31. The quantitative estimate of drug-likeness (QED) is 0.736. The fourth-order valence-corrected chi connectivity index (χ4v) is 3.36. The van der Waals surface area contributed by atoms with Crippen LogP contribution in [0.4, 0.5) is 5.69 Å². The number of nitrogens with one attached hydrogen (secondary N) is 1. The lowest BCUT2D eigenvalue weighted by molar-refractivity contribution is -0.127. The van der Waals surface area contributed by atoms with Crippen molar-refractivity contribution in [2.75, 3.05) is 25.5 Å². The van der Waals surface area contributed by atoms with Crippen LogP contribution in [-0.4, -0.2) is 43.0 Å². The fourth-order valence-electron chi connectivity index (χ4n) is 3.19. The van der Waals surface area contributed by atoms with Crippen molar-refractivity contribution >= 4 is 29.1 Å². The number of anilines is 1. The first kappa shape index (κ1) is 21.1. The maximum Gasteiger partial charge on any atom is 0.256 e. The van der Waals surface area contributed by atoms with E-state index in [1.165, 1.54) is 0 Å². The van der Waals surface area contributed by atoms with E-state index in [9.17, 15) is 9.59 Å². The molecular formula is C22H25ClN2O4. The van der Waals surface area contributed by atoms with Crippen LogP contribution >= 0.6 is 11.6 Å². The second-order valence-electron chi connectivity index (χ2n) is 6.98. The van der Waals surface area contributed by atoms with Crippen LogP contribution in [0.1, 0.15) is 35.7 Å². The molecule has 0 spiro atoms. The SMILES string of the molecule is COc1cccc(COC(C)C(=O)Nc2ccc(Cl)cc2C(=O)N2CCCC2)c1. The smallest absolute Gasteiger partial charge is 0.256 e. The molecule has 1 saturated heterocycles. The predicted molar refractivity (Wildman–Crippen MR) is 112 cm³/mol. The number of amides is 2. The summed E-state index contributed by atoms with van der Waals surface area (Å²) in [7, 11) is 1.60. The van der Waals surface area contributed by atoms with Gasteiger partial charge in [0.05, 0.1) is 25.0 Å². The fraction of sp³-hybridized carbons (Fsp3) is 0.364. The van der Waals surface area contributed by atoms with Crippen LogP contribution in [0.3, 0.4) is 0 Å². The number of hydrogen-bond donors (Lipinski definition) is 1. The topological polar surface area (TPSA) is 67.9 Å². The molecule has 7 heteroatoms. The normalized spacial score (nSPS) is 14.5. The van der Waals surface area contributed by atoms with Crippen LogP contribution in [0, 0.1) is 0 Å². The Kier molecular flexibility index (Phi) is 7.12. The molecule has 0 bridgehead atoms. The summed E-state index contributed by atoms with van der Waals surface area (Å²) in [6, 6.07) is 12.4. The maximum absolute atomic E-state index is 12.8. The lowest BCUT2D eigenvalue weighted by atomic mass is 10.1. The molecule has 6 nitrogen and oxygen atoms in total. The van der Waals surface area contributed by atoms with E-state index < -0.39 is 6.10 Å². The number of nitrogens with zero attached hydrogens (tertiary/aromatic N) is 1.